The number of aryl methyl sites for hydroxylation is 1. The van der Waals surface area contributed by atoms with Crippen LogP contribution in [0.3, 0.4) is 0 Å². The molecule has 0 amide bonds. The molecule has 1 aromatic heterocycles. The topological polar surface area (TPSA) is 72.8 Å². The number of ether oxygens (including phenoxy) is 1. The van der Waals surface area contributed by atoms with Crippen LogP contribution in [0.4, 0.5) is 0 Å². The highest BCUT2D eigenvalue weighted by Crippen LogP contribution is 1.96. The molecule has 1 rings (SSSR count). The zero-order valence-corrected chi connectivity index (χ0v) is 8.71. The number of H-pyrrole nitrogens is 1. The van der Waals surface area contributed by atoms with Crippen molar-refractivity contribution in [1.29, 1.82) is 0 Å². The van der Waals surface area contributed by atoms with Crippen LogP contribution in [0.2, 0.25) is 0 Å². The van der Waals surface area contributed by atoms with Crippen molar-refractivity contribution in [1.82, 2.24) is 20.2 Å². The standard InChI is InChI=1S/C7H12N4O2S/c1-2-13-6(12)4-3-5-11-7(14)8-9-10-11/h2-5H2,1H3,(H,8,10,14). The summed E-state index contributed by atoms with van der Waals surface area (Å²) in [6, 6.07) is 0. The third-order valence-electron chi connectivity index (χ3n) is 1.60. The van der Waals surface area contributed by atoms with E-state index in [0.717, 1.165) is 0 Å². The number of hydrogen-bond donors (Lipinski definition) is 1. The SMILES string of the molecule is CCOC(=O)CCCn1[nH]nnc1=S. The lowest BCUT2D eigenvalue weighted by Crippen LogP contribution is -2.07. The third kappa shape index (κ3) is 3.25. The summed E-state index contributed by atoms with van der Waals surface area (Å²) < 4.78 is 6.78. The van der Waals surface area contributed by atoms with Crippen molar-refractivity contribution in [2.75, 3.05) is 6.61 Å². The summed E-state index contributed by atoms with van der Waals surface area (Å²) in [6.45, 7) is 2.81. The van der Waals surface area contributed by atoms with Crippen LogP contribution in [0.5, 0.6) is 0 Å². The fraction of sp³-hybridized carbons (Fsp3) is 0.714. The molecule has 0 saturated heterocycles. The lowest BCUT2D eigenvalue weighted by atomic mass is 10.3. The van der Waals surface area contributed by atoms with Crippen molar-refractivity contribution < 1.29 is 9.53 Å². The molecule has 1 heterocycles. The van der Waals surface area contributed by atoms with E-state index >= 15 is 0 Å². The predicted octanol–water partition coefficient (Wildman–Crippen LogP) is 0.679. The number of nitrogens with zero attached hydrogens (tertiary/aromatic N) is 3. The Labute approximate surface area is 86.2 Å². The van der Waals surface area contributed by atoms with Gasteiger partial charge in [0.05, 0.1) is 6.61 Å². The maximum absolute atomic E-state index is 11.0. The molecule has 0 spiro atoms. The Hall–Kier alpha value is -1.24. The van der Waals surface area contributed by atoms with Gasteiger partial charge in [0.15, 0.2) is 0 Å². The second-order valence-electron chi connectivity index (χ2n) is 2.64. The van der Waals surface area contributed by atoms with E-state index in [1.807, 2.05) is 0 Å². The fourth-order valence-corrected chi connectivity index (χ4v) is 1.15. The van der Waals surface area contributed by atoms with Crippen LogP contribution < -0.4 is 0 Å². The number of aromatic amines is 1. The molecule has 6 nitrogen and oxygen atoms in total. The van der Waals surface area contributed by atoms with E-state index in [-0.39, 0.29) is 5.97 Å². The van der Waals surface area contributed by atoms with Crippen molar-refractivity contribution in [3.05, 3.63) is 4.77 Å². The molecule has 78 valence electrons. The first-order valence-corrected chi connectivity index (χ1v) is 4.78. The molecule has 1 aromatic rings. The van der Waals surface area contributed by atoms with Crippen LogP contribution in [-0.4, -0.2) is 32.8 Å². The zero-order chi connectivity index (χ0) is 10.4. The quantitative estimate of drug-likeness (QED) is 0.578. The van der Waals surface area contributed by atoms with E-state index in [2.05, 4.69) is 15.5 Å². The minimum atomic E-state index is -0.188. The number of rotatable bonds is 5. The Morgan fingerprint density at radius 2 is 2.50 bits per heavy atom. The highest BCUT2D eigenvalue weighted by molar-refractivity contribution is 7.71. The average molecular weight is 216 g/mol. The smallest absolute Gasteiger partial charge is 0.305 e. The molecule has 0 atom stereocenters. The minimum Gasteiger partial charge on any atom is -0.466 e. The molecule has 1 N–H and O–H groups in total. The van der Waals surface area contributed by atoms with E-state index in [0.29, 0.717) is 30.8 Å². The van der Waals surface area contributed by atoms with Gasteiger partial charge in [-0.05, 0) is 25.6 Å². The third-order valence-corrected chi connectivity index (χ3v) is 1.90. The number of esters is 1. The van der Waals surface area contributed by atoms with Gasteiger partial charge < -0.3 is 4.74 Å². The van der Waals surface area contributed by atoms with Crippen LogP contribution in [0.25, 0.3) is 0 Å². The van der Waals surface area contributed by atoms with E-state index in [1.165, 1.54) is 0 Å². The Balaban J connectivity index is 2.25. The van der Waals surface area contributed by atoms with Gasteiger partial charge in [-0.1, -0.05) is 10.3 Å². The number of aromatic nitrogens is 4. The summed E-state index contributed by atoms with van der Waals surface area (Å²) in [5.74, 6) is -0.188. The van der Waals surface area contributed by atoms with Gasteiger partial charge in [-0.15, -0.1) is 0 Å². The maximum atomic E-state index is 11.0. The Morgan fingerprint density at radius 3 is 3.07 bits per heavy atom. The maximum Gasteiger partial charge on any atom is 0.305 e. The highest BCUT2D eigenvalue weighted by Gasteiger charge is 2.02. The van der Waals surface area contributed by atoms with Crippen molar-refractivity contribution in [3.63, 3.8) is 0 Å². The lowest BCUT2D eigenvalue weighted by Gasteiger charge is -2.01. The zero-order valence-electron chi connectivity index (χ0n) is 7.89. The molecular formula is C7H12N4O2S. The molecule has 0 fully saturated rings. The van der Waals surface area contributed by atoms with Crippen LogP contribution in [0.1, 0.15) is 19.8 Å². The van der Waals surface area contributed by atoms with Gasteiger partial charge in [0.1, 0.15) is 0 Å². The monoisotopic (exact) mass is 216 g/mol. The normalized spacial score (nSPS) is 10.1. The van der Waals surface area contributed by atoms with E-state index in [4.69, 9.17) is 17.0 Å². The van der Waals surface area contributed by atoms with Gasteiger partial charge in [0, 0.05) is 13.0 Å². The number of tetrazole rings is 1. The number of carbonyl (C=O) groups excluding carboxylic acids is 1. The summed E-state index contributed by atoms with van der Waals surface area (Å²) in [5, 5.41) is 9.74. The first kappa shape index (κ1) is 10.8. The van der Waals surface area contributed by atoms with Gasteiger partial charge in [0.25, 0.3) is 0 Å². The average Bonchev–Trinajstić information content (AvgIpc) is 2.52. The molecule has 0 aliphatic carbocycles. The fourth-order valence-electron chi connectivity index (χ4n) is 0.976. The Morgan fingerprint density at radius 1 is 1.71 bits per heavy atom. The molecule has 7 heteroatoms. The molecular weight excluding hydrogens is 204 g/mol. The Kier molecular flexibility index (Phi) is 4.24. The molecule has 0 aliphatic heterocycles. The van der Waals surface area contributed by atoms with Crippen molar-refractivity contribution >= 4 is 18.2 Å². The minimum absolute atomic E-state index is 0.188. The number of nitrogens with one attached hydrogen (secondary N) is 1. The van der Waals surface area contributed by atoms with Crippen LogP contribution >= 0.6 is 12.2 Å². The van der Waals surface area contributed by atoms with Crippen LogP contribution in [0, 0.1) is 4.77 Å². The van der Waals surface area contributed by atoms with Crippen LogP contribution in [0.15, 0.2) is 0 Å². The van der Waals surface area contributed by atoms with Gasteiger partial charge in [-0.25, -0.2) is 4.68 Å². The van der Waals surface area contributed by atoms with Crippen molar-refractivity contribution in [3.8, 4) is 0 Å². The summed E-state index contributed by atoms with van der Waals surface area (Å²) >= 11 is 4.86. The highest BCUT2D eigenvalue weighted by atomic mass is 32.1. The first-order chi connectivity index (χ1) is 6.74. The predicted molar refractivity (Wildman–Crippen MR) is 51.1 cm³/mol. The Bertz CT molecular complexity index is 345. The van der Waals surface area contributed by atoms with Crippen molar-refractivity contribution in [2.24, 2.45) is 0 Å². The van der Waals surface area contributed by atoms with Gasteiger partial charge in [-0.2, -0.15) is 5.21 Å². The summed E-state index contributed by atoms with van der Waals surface area (Å²) in [7, 11) is 0. The molecule has 0 radical (unpaired) electrons. The molecule has 14 heavy (non-hydrogen) atoms. The second-order valence-corrected chi connectivity index (χ2v) is 3.01. The van der Waals surface area contributed by atoms with Crippen molar-refractivity contribution in [2.45, 2.75) is 26.3 Å². The number of carbonyl (C=O) groups is 1. The molecule has 0 bridgehead atoms. The summed E-state index contributed by atoms with van der Waals surface area (Å²) in [4.78, 5) is 11.0. The lowest BCUT2D eigenvalue weighted by molar-refractivity contribution is -0.143. The molecule has 0 unspecified atom stereocenters. The van der Waals surface area contributed by atoms with Gasteiger partial charge >= 0.3 is 5.97 Å². The molecule has 0 saturated carbocycles. The summed E-state index contributed by atoms with van der Waals surface area (Å²) in [6.07, 6.45) is 1.05. The molecule has 0 aromatic carbocycles. The second kappa shape index (κ2) is 5.48. The summed E-state index contributed by atoms with van der Waals surface area (Å²) in [5.41, 5.74) is 0. The van der Waals surface area contributed by atoms with Gasteiger partial charge in [0.2, 0.25) is 4.77 Å². The van der Waals surface area contributed by atoms with E-state index in [9.17, 15) is 4.79 Å². The van der Waals surface area contributed by atoms with Gasteiger partial charge in [-0.3, -0.25) is 4.79 Å². The first-order valence-electron chi connectivity index (χ1n) is 4.37. The molecule has 0 aliphatic rings. The number of hydrogen-bond acceptors (Lipinski definition) is 5. The van der Waals surface area contributed by atoms with Crippen LogP contribution in [-0.2, 0) is 16.1 Å². The largest absolute Gasteiger partial charge is 0.466 e. The van der Waals surface area contributed by atoms with E-state index in [1.54, 1.807) is 11.6 Å². The van der Waals surface area contributed by atoms with E-state index < -0.39 is 0 Å².